The average Bonchev–Trinajstić information content (AvgIpc) is 3.22. The van der Waals surface area contributed by atoms with Crippen LogP contribution in [0.15, 0.2) is 54.0 Å². The molecule has 0 saturated heterocycles. The molecule has 4 aromatic rings. The Morgan fingerprint density at radius 1 is 1.15 bits per heavy atom. The number of hydrogen-bond acceptors (Lipinski definition) is 4. The Balaban J connectivity index is 1.71. The van der Waals surface area contributed by atoms with Crippen LogP contribution in [0.25, 0.3) is 10.1 Å². The topological polar surface area (TPSA) is 56.1 Å². The number of amides is 1. The van der Waals surface area contributed by atoms with Crippen molar-refractivity contribution >= 4 is 33.1 Å². The Hall–Kier alpha value is -3.12. The Kier molecular flexibility index (Phi) is 4.41. The molecule has 0 atom stereocenters. The molecule has 4 rings (SSSR count). The predicted octanol–water partition coefficient (Wildman–Crippen LogP) is 5.30. The molecule has 1 N–H and O–H groups in total. The molecule has 5 nitrogen and oxygen atoms in total. The van der Waals surface area contributed by atoms with Gasteiger partial charge in [0.25, 0.3) is 5.91 Å². The first-order chi connectivity index (χ1) is 13.0. The van der Waals surface area contributed by atoms with Crippen LogP contribution in [0.1, 0.15) is 21.5 Å². The summed E-state index contributed by atoms with van der Waals surface area (Å²) in [4.78, 5) is 12.7. The molecule has 0 aliphatic rings. The lowest BCUT2D eigenvalue weighted by Crippen LogP contribution is -2.12. The van der Waals surface area contributed by atoms with Crippen molar-refractivity contribution in [2.75, 3.05) is 5.32 Å². The second kappa shape index (κ2) is 6.89. The summed E-state index contributed by atoms with van der Waals surface area (Å²) < 4.78 is 8.80. The van der Waals surface area contributed by atoms with E-state index in [1.807, 2.05) is 44.3 Å². The lowest BCUT2D eigenvalue weighted by atomic mass is 10.1. The van der Waals surface area contributed by atoms with Crippen LogP contribution < -0.4 is 10.1 Å². The average molecular weight is 377 g/mol. The van der Waals surface area contributed by atoms with Gasteiger partial charge in [0.05, 0.1) is 0 Å². The maximum absolute atomic E-state index is 12.7. The molecular formula is C21H19N3O2S. The highest BCUT2D eigenvalue weighted by molar-refractivity contribution is 7.17. The molecule has 2 aromatic heterocycles. The van der Waals surface area contributed by atoms with Crippen molar-refractivity contribution < 1.29 is 9.53 Å². The number of fused-ring (bicyclic) bond motifs is 1. The van der Waals surface area contributed by atoms with E-state index >= 15 is 0 Å². The fourth-order valence-electron chi connectivity index (χ4n) is 2.90. The van der Waals surface area contributed by atoms with Gasteiger partial charge in [0, 0.05) is 35.0 Å². The Morgan fingerprint density at radius 3 is 2.63 bits per heavy atom. The number of nitrogens with zero attached hydrogens (tertiary/aromatic N) is 2. The first-order valence-corrected chi connectivity index (χ1v) is 9.45. The molecule has 136 valence electrons. The van der Waals surface area contributed by atoms with Crippen molar-refractivity contribution in [2.45, 2.75) is 13.8 Å². The van der Waals surface area contributed by atoms with Gasteiger partial charge in [-0.2, -0.15) is 5.10 Å². The monoisotopic (exact) mass is 377 g/mol. The lowest BCUT2D eigenvalue weighted by Gasteiger charge is -2.11. The van der Waals surface area contributed by atoms with Gasteiger partial charge >= 0.3 is 0 Å². The number of rotatable bonds is 4. The SMILES string of the molecule is Cc1ccc(Oc2cc(C(=O)Nc3ccn(C)n3)cc3scc(C)c23)cc1. The van der Waals surface area contributed by atoms with E-state index in [2.05, 4.69) is 22.7 Å². The zero-order valence-electron chi connectivity index (χ0n) is 15.3. The van der Waals surface area contributed by atoms with Gasteiger partial charge in [-0.05, 0) is 49.1 Å². The van der Waals surface area contributed by atoms with Gasteiger partial charge in [-0.15, -0.1) is 11.3 Å². The molecule has 2 aromatic carbocycles. The summed E-state index contributed by atoms with van der Waals surface area (Å²) >= 11 is 1.60. The Labute approximate surface area is 161 Å². The highest BCUT2D eigenvalue weighted by atomic mass is 32.1. The molecule has 0 unspecified atom stereocenters. The zero-order chi connectivity index (χ0) is 19.0. The quantitative estimate of drug-likeness (QED) is 0.525. The van der Waals surface area contributed by atoms with Gasteiger partial charge < -0.3 is 10.1 Å². The number of aromatic nitrogens is 2. The zero-order valence-corrected chi connectivity index (χ0v) is 16.1. The van der Waals surface area contributed by atoms with E-state index in [9.17, 15) is 4.79 Å². The molecule has 1 amide bonds. The number of aryl methyl sites for hydroxylation is 3. The first-order valence-electron chi connectivity index (χ1n) is 8.57. The van der Waals surface area contributed by atoms with Gasteiger partial charge in [-0.25, -0.2) is 0 Å². The highest BCUT2D eigenvalue weighted by Crippen LogP contribution is 2.37. The Morgan fingerprint density at radius 2 is 1.93 bits per heavy atom. The van der Waals surface area contributed by atoms with Crippen LogP contribution >= 0.6 is 11.3 Å². The number of ether oxygens (including phenoxy) is 1. The number of carbonyl (C=O) groups excluding carboxylic acids is 1. The first kappa shape index (κ1) is 17.3. The molecule has 0 fully saturated rings. The van der Waals surface area contributed by atoms with Gasteiger partial charge in [-0.1, -0.05) is 17.7 Å². The second-order valence-corrected chi connectivity index (χ2v) is 7.42. The smallest absolute Gasteiger partial charge is 0.257 e. The molecule has 0 aliphatic carbocycles. The number of nitrogens with one attached hydrogen (secondary N) is 1. The number of hydrogen-bond donors (Lipinski definition) is 1. The summed E-state index contributed by atoms with van der Waals surface area (Å²) in [6, 6.07) is 13.3. The summed E-state index contributed by atoms with van der Waals surface area (Å²) in [5.41, 5.74) is 2.84. The normalized spacial score (nSPS) is 10.9. The molecule has 0 saturated carbocycles. The minimum absolute atomic E-state index is 0.213. The molecule has 2 heterocycles. The van der Waals surface area contributed by atoms with Crippen molar-refractivity contribution in [1.29, 1.82) is 0 Å². The maximum atomic E-state index is 12.7. The van der Waals surface area contributed by atoms with E-state index in [1.54, 1.807) is 34.3 Å². The molecule has 0 radical (unpaired) electrons. The van der Waals surface area contributed by atoms with Gasteiger partial charge in [0.15, 0.2) is 5.82 Å². The molecule has 27 heavy (non-hydrogen) atoms. The van der Waals surface area contributed by atoms with Crippen molar-refractivity contribution in [3.8, 4) is 11.5 Å². The number of anilines is 1. The lowest BCUT2D eigenvalue weighted by molar-refractivity contribution is 0.102. The van der Waals surface area contributed by atoms with Crippen molar-refractivity contribution in [2.24, 2.45) is 7.05 Å². The van der Waals surface area contributed by atoms with E-state index in [-0.39, 0.29) is 5.91 Å². The van der Waals surface area contributed by atoms with Crippen LogP contribution in [-0.4, -0.2) is 15.7 Å². The predicted molar refractivity (Wildman–Crippen MR) is 109 cm³/mol. The van der Waals surface area contributed by atoms with Crippen molar-refractivity contribution in [1.82, 2.24) is 9.78 Å². The number of thiophene rings is 1. The summed E-state index contributed by atoms with van der Waals surface area (Å²) in [5.74, 6) is 1.73. The fraction of sp³-hybridized carbons (Fsp3) is 0.143. The fourth-order valence-corrected chi connectivity index (χ4v) is 3.89. The summed E-state index contributed by atoms with van der Waals surface area (Å²) in [7, 11) is 1.81. The van der Waals surface area contributed by atoms with E-state index < -0.39 is 0 Å². The van der Waals surface area contributed by atoms with Crippen LogP contribution in [0.4, 0.5) is 5.82 Å². The molecule has 6 heteroatoms. The second-order valence-electron chi connectivity index (χ2n) is 6.51. The van der Waals surface area contributed by atoms with Crippen LogP contribution in [0.5, 0.6) is 11.5 Å². The van der Waals surface area contributed by atoms with E-state index in [0.717, 1.165) is 21.4 Å². The van der Waals surface area contributed by atoms with Gasteiger partial charge in [-0.3, -0.25) is 9.48 Å². The van der Waals surface area contributed by atoms with Gasteiger partial charge in [0.2, 0.25) is 0 Å². The summed E-state index contributed by atoms with van der Waals surface area (Å²) in [6.45, 7) is 4.09. The highest BCUT2D eigenvalue weighted by Gasteiger charge is 2.15. The number of carbonyl (C=O) groups is 1. The molecule has 0 spiro atoms. The van der Waals surface area contributed by atoms with E-state index in [4.69, 9.17) is 4.74 Å². The molecule has 0 aliphatic heterocycles. The third-order valence-corrected chi connectivity index (χ3v) is 5.34. The maximum Gasteiger partial charge on any atom is 0.257 e. The summed E-state index contributed by atoms with van der Waals surface area (Å²) in [6.07, 6.45) is 1.79. The third kappa shape index (κ3) is 3.57. The van der Waals surface area contributed by atoms with Crippen LogP contribution in [0.2, 0.25) is 0 Å². The van der Waals surface area contributed by atoms with Crippen LogP contribution in [-0.2, 0) is 7.05 Å². The van der Waals surface area contributed by atoms with Gasteiger partial charge in [0.1, 0.15) is 11.5 Å². The van der Waals surface area contributed by atoms with E-state index in [1.165, 1.54) is 5.56 Å². The van der Waals surface area contributed by atoms with Crippen LogP contribution in [0, 0.1) is 13.8 Å². The van der Waals surface area contributed by atoms with E-state index in [0.29, 0.717) is 17.1 Å². The van der Waals surface area contributed by atoms with Crippen molar-refractivity contribution in [3.63, 3.8) is 0 Å². The minimum Gasteiger partial charge on any atom is -0.457 e. The third-order valence-electron chi connectivity index (χ3n) is 4.29. The molecular weight excluding hydrogens is 358 g/mol. The standard InChI is InChI=1S/C21H19N3O2S/c1-13-4-6-16(7-5-13)26-17-10-15(11-18-20(17)14(2)12-27-18)21(25)22-19-8-9-24(3)23-19/h4-12H,1-3H3,(H,22,23,25). The Bertz CT molecular complexity index is 1130. The number of benzene rings is 2. The molecule has 0 bridgehead atoms. The summed E-state index contributed by atoms with van der Waals surface area (Å²) in [5, 5.41) is 10.1. The largest absolute Gasteiger partial charge is 0.457 e. The van der Waals surface area contributed by atoms with Crippen molar-refractivity contribution in [3.05, 3.63) is 70.7 Å². The van der Waals surface area contributed by atoms with Crippen LogP contribution in [0.3, 0.4) is 0 Å². The minimum atomic E-state index is -0.213.